The van der Waals surface area contributed by atoms with Gasteiger partial charge in [-0.1, -0.05) is 12.1 Å². The molecule has 0 spiro atoms. The topological polar surface area (TPSA) is 70.7 Å². The van der Waals surface area contributed by atoms with Gasteiger partial charge >= 0.3 is 6.03 Å². The van der Waals surface area contributed by atoms with Gasteiger partial charge in [0, 0.05) is 17.8 Å². The van der Waals surface area contributed by atoms with Crippen molar-refractivity contribution in [2.75, 3.05) is 19.0 Å². The summed E-state index contributed by atoms with van der Waals surface area (Å²) in [5.41, 5.74) is 3.03. The molecule has 0 aromatic heterocycles. The van der Waals surface area contributed by atoms with Crippen molar-refractivity contribution in [1.82, 2.24) is 10.4 Å². The minimum Gasteiger partial charge on any atom is -0.497 e. The number of carbonyl (C=O) groups is 2. The summed E-state index contributed by atoms with van der Waals surface area (Å²) in [7, 11) is 1.55. The smallest absolute Gasteiger partial charge is 0.338 e. The second kappa shape index (κ2) is 5.22. The molecule has 0 radical (unpaired) electrons. The number of benzene rings is 1. The highest BCUT2D eigenvalue weighted by Gasteiger charge is 2.16. The van der Waals surface area contributed by atoms with Gasteiger partial charge < -0.3 is 10.1 Å². The Morgan fingerprint density at radius 3 is 2.94 bits per heavy atom. The highest BCUT2D eigenvalue weighted by Crippen LogP contribution is 2.16. The zero-order chi connectivity index (χ0) is 13.0. The third-order valence-corrected chi connectivity index (χ3v) is 2.38. The molecule has 0 bridgehead atoms. The molecule has 0 saturated carbocycles. The van der Waals surface area contributed by atoms with Gasteiger partial charge in [0.2, 0.25) is 0 Å². The number of ether oxygens (including phenoxy) is 1. The lowest BCUT2D eigenvalue weighted by Gasteiger charge is -2.17. The Kier molecular flexibility index (Phi) is 3.47. The van der Waals surface area contributed by atoms with Gasteiger partial charge in [-0.3, -0.25) is 4.79 Å². The molecule has 3 amide bonds. The number of methoxy groups -OCH3 is 1. The predicted molar refractivity (Wildman–Crippen MR) is 66.0 cm³/mol. The summed E-state index contributed by atoms with van der Waals surface area (Å²) in [6, 6.07) is 6.48. The van der Waals surface area contributed by atoms with Gasteiger partial charge in [-0.15, -0.1) is 0 Å². The van der Waals surface area contributed by atoms with E-state index in [1.165, 1.54) is 11.1 Å². The quantitative estimate of drug-likeness (QED) is 0.841. The van der Waals surface area contributed by atoms with Crippen LogP contribution in [0.15, 0.2) is 36.4 Å². The first-order valence-electron chi connectivity index (χ1n) is 5.39. The Bertz CT molecular complexity index is 499. The Morgan fingerprint density at radius 1 is 1.44 bits per heavy atom. The molecule has 1 aliphatic rings. The summed E-state index contributed by atoms with van der Waals surface area (Å²) in [6.45, 7) is 0.379. The summed E-state index contributed by atoms with van der Waals surface area (Å²) >= 11 is 0. The molecule has 0 aliphatic carbocycles. The molecule has 1 heterocycles. The van der Waals surface area contributed by atoms with Crippen molar-refractivity contribution in [2.45, 2.75) is 0 Å². The highest BCUT2D eigenvalue weighted by atomic mass is 16.5. The van der Waals surface area contributed by atoms with Gasteiger partial charge in [0.25, 0.3) is 5.91 Å². The Morgan fingerprint density at radius 2 is 2.28 bits per heavy atom. The second-order valence-electron chi connectivity index (χ2n) is 3.65. The predicted octanol–water partition coefficient (Wildman–Crippen LogP) is 1.13. The van der Waals surface area contributed by atoms with Crippen molar-refractivity contribution < 1.29 is 14.3 Å². The Hall–Kier alpha value is -2.50. The molecule has 0 atom stereocenters. The molecule has 94 valence electrons. The van der Waals surface area contributed by atoms with Crippen LogP contribution < -0.4 is 15.5 Å². The van der Waals surface area contributed by atoms with Crippen molar-refractivity contribution in [3.05, 3.63) is 36.4 Å². The molecule has 1 aromatic rings. The van der Waals surface area contributed by atoms with E-state index in [2.05, 4.69) is 10.7 Å². The number of hydrogen-bond donors (Lipinski definition) is 2. The number of nitrogens with zero attached hydrogens (tertiary/aromatic N) is 1. The van der Waals surface area contributed by atoms with Crippen molar-refractivity contribution in [3.8, 4) is 5.75 Å². The molecule has 6 heteroatoms. The highest BCUT2D eigenvalue weighted by molar-refractivity contribution is 5.94. The average Bonchev–Trinajstić information content (AvgIpc) is 2.75. The van der Waals surface area contributed by atoms with E-state index in [9.17, 15) is 9.59 Å². The SMILES string of the molecule is COc1cccc(NC(=O)NN2CC=CC2=O)c1. The maximum Gasteiger partial charge on any atom is 0.338 e. The number of carbonyl (C=O) groups excluding carboxylic acids is 2. The van der Waals surface area contributed by atoms with Gasteiger partial charge in [-0.2, -0.15) is 0 Å². The first-order valence-corrected chi connectivity index (χ1v) is 5.39. The van der Waals surface area contributed by atoms with Crippen LogP contribution in [0.4, 0.5) is 10.5 Å². The Labute approximate surface area is 104 Å². The average molecular weight is 247 g/mol. The number of nitrogens with one attached hydrogen (secondary N) is 2. The molecule has 0 fully saturated rings. The van der Waals surface area contributed by atoms with Crippen LogP contribution in [0, 0.1) is 0 Å². The zero-order valence-electron chi connectivity index (χ0n) is 9.84. The van der Waals surface area contributed by atoms with E-state index in [0.717, 1.165) is 0 Å². The van der Waals surface area contributed by atoms with Crippen LogP contribution in [0.5, 0.6) is 5.75 Å². The van der Waals surface area contributed by atoms with E-state index in [4.69, 9.17) is 4.74 Å². The molecule has 0 unspecified atom stereocenters. The molecular weight excluding hydrogens is 234 g/mol. The van der Waals surface area contributed by atoms with Crippen LogP contribution in [0.2, 0.25) is 0 Å². The first-order chi connectivity index (χ1) is 8.69. The van der Waals surface area contributed by atoms with Gasteiger partial charge in [-0.05, 0) is 12.1 Å². The maximum atomic E-state index is 11.6. The van der Waals surface area contributed by atoms with Crippen LogP contribution in [0.3, 0.4) is 0 Å². The molecular formula is C12H13N3O3. The van der Waals surface area contributed by atoms with E-state index in [1.807, 2.05) is 0 Å². The number of amides is 3. The fourth-order valence-corrected chi connectivity index (χ4v) is 1.52. The van der Waals surface area contributed by atoms with Gasteiger partial charge in [-0.25, -0.2) is 15.2 Å². The number of rotatable bonds is 3. The van der Waals surface area contributed by atoms with Crippen LogP contribution in [-0.4, -0.2) is 30.6 Å². The third kappa shape index (κ3) is 2.79. The van der Waals surface area contributed by atoms with Crippen LogP contribution in [-0.2, 0) is 4.79 Å². The summed E-state index contributed by atoms with van der Waals surface area (Å²) in [6.07, 6.45) is 3.08. The molecule has 2 rings (SSSR count). The number of anilines is 1. The second-order valence-corrected chi connectivity index (χ2v) is 3.65. The lowest BCUT2D eigenvalue weighted by Crippen LogP contribution is -2.45. The van der Waals surface area contributed by atoms with E-state index in [-0.39, 0.29) is 5.91 Å². The molecule has 0 saturated heterocycles. The molecule has 1 aliphatic heterocycles. The van der Waals surface area contributed by atoms with E-state index < -0.39 is 6.03 Å². The van der Waals surface area contributed by atoms with E-state index in [1.54, 1.807) is 37.5 Å². The summed E-state index contributed by atoms with van der Waals surface area (Å²) < 4.78 is 5.04. The van der Waals surface area contributed by atoms with E-state index in [0.29, 0.717) is 18.0 Å². The number of hydrogen-bond acceptors (Lipinski definition) is 3. The Balaban J connectivity index is 1.92. The largest absolute Gasteiger partial charge is 0.497 e. The minimum absolute atomic E-state index is 0.240. The van der Waals surface area contributed by atoms with Crippen molar-refractivity contribution in [1.29, 1.82) is 0 Å². The van der Waals surface area contributed by atoms with Crippen LogP contribution in [0.1, 0.15) is 0 Å². The molecule has 1 aromatic carbocycles. The normalized spacial score (nSPS) is 13.6. The fourth-order valence-electron chi connectivity index (χ4n) is 1.52. The van der Waals surface area contributed by atoms with Crippen molar-refractivity contribution in [2.24, 2.45) is 0 Å². The number of hydrazine groups is 1. The fraction of sp³-hybridized carbons (Fsp3) is 0.167. The van der Waals surface area contributed by atoms with Crippen molar-refractivity contribution >= 4 is 17.6 Å². The van der Waals surface area contributed by atoms with E-state index >= 15 is 0 Å². The standard InChI is InChI=1S/C12H13N3O3/c1-18-10-5-2-4-9(8-10)13-12(17)14-15-7-3-6-11(15)16/h2-6,8H,7H2,1H3,(H2,13,14,17). The molecule has 18 heavy (non-hydrogen) atoms. The minimum atomic E-state index is -0.472. The summed E-state index contributed by atoms with van der Waals surface area (Å²) in [5.74, 6) is 0.405. The summed E-state index contributed by atoms with van der Waals surface area (Å²) in [4.78, 5) is 22.9. The summed E-state index contributed by atoms with van der Waals surface area (Å²) in [5, 5.41) is 3.83. The first kappa shape index (κ1) is 12.0. The van der Waals surface area contributed by atoms with Gasteiger partial charge in [0.1, 0.15) is 5.75 Å². The van der Waals surface area contributed by atoms with Crippen LogP contribution >= 0.6 is 0 Å². The maximum absolute atomic E-state index is 11.6. The lowest BCUT2D eigenvalue weighted by molar-refractivity contribution is -0.126. The number of urea groups is 1. The van der Waals surface area contributed by atoms with Gasteiger partial charge in [0.15, 0.2) is 0 Å². The zero-order valence-corrected chi connectivity index (χ0v) is 9.84. The van der Waals surface area contributed by atoms with Gasteiger partial charge in [0.05, 0.1) is 13.7 Å². The third-order valence-electron chi connectivity index (χ3n) is 2.38. The lowest BCUT2D eigenvalue weighted by atomic mass is 10.3. The van der Waals surface area contributed by atoms with Crippen LogP contribution in [0.25, 0.3) is 0 Å². The monoisotopic (exact) mass is 247 g/mol. The molecule has 6 nitrogen and oxygen atoms in total. The molecule has 2 N–H and O–H groups in total. The van der Waals surface area contributed by atoms with Crippen molar-refractivity contribution in [3.63, 3.8) is 0 Å².